The summed E-state index contributed by atoms with van der Waals surface area (Å²) in [5.74, 6) is 0. The van der Waals surface area contributed by atoms with Crippen molar-refractivity contribution in [3.63, 3.8) is 0 Å². The molecule has 0 aliphatic carbocycles. The van der Waals surface area contributed by atoms with E-state index in [-0.39, 0.29) is 0 Å². The molecule has 0 fully saturated rings. The maximum Gasteiger partial charge on any atom is 0.0618 e. The van der Waals surface area contributed by atoms with Gasteiger partial charge in [0.1, 0.15) is 0 Å². The third kappa shape index (κ3) is 3.20. The molecule has 0 unspecified atom stereocenters. The van der Waals surface area contributed by atoms with Crippen molar-refractivity contribution in [1.29, 1.82) is 0 Å². The molecule has 56 valence electrons. The minimum absolute atomic E-state index is 0.807. The molecule has 0 saturated heterocycles. The van der Waals surface area contributed by atoms with Crippen LogP contribution in [-0.2, 0) is 0 Å². The number of allylic oxidation sites excluding steroid dienone is 1. The zero-order valence-corrected chi connectivity index (χ0v) is 6.65. The van der Waals surface area contributed by atoms with Gasteiger partial charge in [0, 0.05) is 6.54 Å². The zero-order valence-electron chi connectivity index (χ0n) is 6.65. The van der Waals surface area contributed by atoms with Gasteiger partial charge in [-0.15, -0.1) is 0 Å². The second-order valence-electron chi connectivity index (χ2n) is 2.09. The summed E-state index contributed by atoms with van der Waals surface area (Å²) in [4.78, 5) is 3.80. The first-order chi connectivity index (χ1) is 4.72. The Kier molecular flexibility index (Phi) is 4.50. The average Bonchev–Trinajstić information content (AvgIpc) is 1.89. The summed E-state index contributed by atoms with van der Waals surface area (Å²) in [6, 6.07) is 0. The molecule has 0 spiro atoms. The predicted molar refractivity (Wildman–Crippen MR) is 46.4 cm³/mol. The Morgan fingerprint density at radius 3 is 2.60 bits per heavy atom. The lowest BCUT2D eigenvalue weighted by atomic mass is 10.2. The molecule has 0 bridgehead atoms. The van der Waals surface area contributed by atoms with Gasteiger partial charge in [-0.05, 0) is 32.3 Å². The molecule has 0 aromatic carbocycles. The highest BCUT2D eigenvalue weighted by molar-refractivity contribution is 5.36. The molecule has 0 aliphatic rings. The molecular formula is C8H14N2. The maximum atomic E-state index is 3.80. The van der Waals surface area contributed by atoms with Gasteiger partial charge in [0.05, 0.1) is 5.70 Å². The molecule has 0 rings (SSSR count). The number of rotatable bonds is 4. The second-order valence-corrected chi connectivity index (χ2v) is 2.09. The fraction of sp³-hybridized carbons (Fsp3) is 0.375. The van der Waals surface area contributed by atoms with Crippen LogP contribution >= 0.6 is 0 Å². The van der Waals surface area contributed by atoms with E-state index in [9.17, 15) is 0 Å². The van der Waals surface area contributed by atoms with Gasteiger partial charge in [-0.3, -0.25) is 4.99 Å². The van der Waals surface area contributed by atoms with Crippen molar-refractivity contribution in [3.8, 4) is 0 Å². The van der Waals surface area contributed by atoms with E-state index in [1.54, 1.807) is 0 Å². The van der Waals surface area contributed by atoms with Crippen LogP contribution in [0, 0.1) is 0 Å². The van der Waals surface area contributed by atoms with Crippen LogP contribution in [-0.4, -0.2) is 20.3 Å². The Bertz CT molecular complexity index is 157. The third-order valence-electron chi connectivity index (χ3n) is 1.11. The van der Waals surface area contributed by atoms with Crippen LogP contribution in [0.4, 0.5) is 0 Å². The van der Waals surface area contributed by atoms with Gasteiger partial charge in [0.2, 0.25) is 0 Å². The SMILES string of the molecule is C=N/C(=C\CNC)C(=C)C. The number of hydrogen-bond donors (Lipinski definition) is 1. The maximum absolute atomic E-state index is 3.80. The van der Waals surface area contributed by atoms with Crippen molar-refractivity contribution in [1.82, 2.24) is 5.32 Å². The normalized spacial score (nSPS) is 11.2. The summed E-state index contributed by atoms with van der Waals surface area (Å²) >= 11 is 0. The van der Waals surface area contributed by atoms with E-state index < -0.39 is 0 Å². The van der Waals surface area contributed by atoms with Crippen molar-refractivity contribution in [2.75, 3.05) is 13.6 Å². The Labute approximate surface area is 62.4 Å². The van der Waals surface area contributed by atoms with Crippen molar-refractivity contribution < 1.29 is 0 Å². The lowest BCUT2D eigenvalue weighted by Crippen LogP contribution is -2.05. The standard InChI is InChI=1S/C8H14N2/c1-7(2)8(10-4)5-6-9-3/h5,9H,1,4,6H2,2-3H3/b8-5-. The number of likely N-dealkylation sites (N-methyl/N-ethyl adjacent to an activating group) is 1. The summed E-state index contributed by atoms with van der Waals surface area (Å²) in [5.41, 5.74) is 1.82. The number of aliphatic imine (C=N–C) groups is 1. The molecule has 2 nitrogen and oxygen atoms in total. The zero-order chi connectivity index (χ0) is 7.98. The van der Waals surface area contributed by atoms with Crippen LogP contribution in [0.2, 0.25) is 0 Å². The van der Waals surface area contributed by atoms with Crippen LogP contribution in [0.5, 0.6) is 0 Å². The van der Waals surface area contributed by atoms with Gasteiger partial charge in [0.15, 0.2) is 0 Å². The highest BCUT2D eigenvalue weighted by atomic mass is 14.8. The van der Waals surface area contributed by atoms with Gasteiger partial charge in [-0.1, -0.05) is 6.58 Å². The number of hydrogen-bond acceptors (Lipinski definition) is 2. The molecule has 2 heteroatoms. The largest absolute Gasteiger partial charge is 0.316 e. The van der Waals surface area contributed by atoms with E-state index in [1.165, 1.54) is 0 Å². The fourth-order valence-electron chi connectivity index (χ4n) is 0.572. The number of nitrogens with zero attached hydrogens (tertiary/aromatic N) is 1. The van der Waals surface area contributed by atoms with Gasteiger partial charge in [-0.25, -0.2) is 0 Å². The summed E-state index contributed by atoms with van der Waals surface area (Å²) in [7, 11) is 1.88. The summed E-state index contributed by atoms with van der Waals surface area (Å²) in [5, 5.41) is 2.98. The second kappa shape index (κ2) is 4.94. The molecule has 10 heavy (non-hydrogen) atoms. The predicted octanol–water partition coefficient (Wildman–Crippen LogP) is 1.37. The molecule has 0 aromatic rings. The first-order valence-corrected chi connectivity index (χ1v) is 3.19. The van der Waals surface area contributed by atoms with E-state index in [4.69, 9.17) is 0 Å². The van der Waals surface area contributed by atoms with Crippen LogP contribution in [0.25, 0.3) is 0 Å². The van der Waals surface area contributed by atoms with Crippen molar-refractivity contribution in [2.24, 2.45) is 4.99 Å². The monoisotopic (exact) mass is 138 g/mol. The van der Waals surface area contributed by atoms with Gasteiger partial charge in [0.25, 0.3) is 0 Å². The van der Waals surface area contributed by atoms with Gasteiger partial charge in [-0.2, -0.15) is 0 Å². The first-order valence-electron chi connectivity index (χ1n) is 3.19. The van der Waals surface area contributed by atoms with Crippen LogP contribution in [0.15, 0.2) is 28.9 Å². The van der Waals surface area contributed by atoms with Crippen LogP contribution in [0.1, 0.15) is 6.92 Å². The fourth-order valence-corrected chi connectivity index (χ4v) is 0.572. The minimum atomic E-state index is 0.807. The van der Waals surface area contributed by atoms with E-state index >= 15 is 0 Å². The molecule has 0 saturated carbocycles. The average molecular weight is 138 g/mol. The highest BCUT2D eigenvalue weighted by Gasteiger charge is 1.90. The number of nitrogens with one attached hydrogen (secondary N) is 1. The Hall–Kier alpha value is -0.890. The van der Waals surface area contributed by atoms with Crippen molar-refractivity contribution >= 4 is 6.72 Å². The Morgan fingerprint density at radius 2 is 2.30 bits per heavy atom. The third-order valence-corrected chi connectivity index (χ3v) is 1.11. The van der Waals surface area contributed by atoms with Crippen LogP contribution < -0.4 is 5.32 Å². The van der Waals surface area contributed by atoms with Gasteiger partial charge < -0.3 is 5.32 Å². The molecular weight excluding hydrogens is 124 g/mol. The molecule has 0 heterocycles. The lowest BCUT2D eigenvalue weighted by molar-refractivity contribution is 0.912. The Balaban J connectivity index is 4.04. The minimum Gasteiger partial charge on any atom is -0.316 e. The van der Waals surface area contributed by atoms with E-state index in [0.717, 1.165) is 17.8 Å². The molecule has 1 N–H and O–H groups in total. The topological polar surface area (TPSA) is 24.4 Å². The van der Waals surface area contributed by atoms with E-state index in [1.807, 2.05) is 20.0 Å². The highest BCUT2D eigenvalue weighted by Crippen LogP contribution is 2.05. The van der Waals surface area contributed by atoms with E-state index in [2.05, 4.69) is 23.6 Å². The van der Waals surface area contributed by atoms with Crippen molar-refractivity contribution in [2.45, 2.75) is 6.92 Å². The molecule has 0 amide bonds. The first kappa shape index (κ1) is 9.11. The summed E-state index contributed by atoms with van der Waals surface area (Å²) < 4.78 is 0. The molecule has 0 radical (unpaired) electrons. The Morgan fingerprint density at radius 1 is 1.70 bits per heavy atom. The quantitative estimate of drug-likeness (QED) is 0.460. The van der Waals surface area contributed by atoms with Crippen molar-refractivity contribution in [3.05, 3.63) is 23.9 Å². The van der Waals surface area contributed by atoms with Crippen LogP contribution in [0.3, 0.4) is 0 Å². The summed E-state index contributed by atoms with van der Waals surface area (Å²) in [6.07, 6.45) is 1.95. The molecule has 0 aliphatic heterocycles. The van der Waals surface area contributed by atoms with E-state index in [0.29, 0.717) is 0 Å². The molecule has 0 aromatic heterocycles. The lowest BCUT2D eigenvalue weighted by Gasteiger charge is -1.97. The summed E-state index contributed by atoms with van der Waals surface area (Å²) in [6.45, 7) is 9.90. The molecule has 0 atom stereocenters. The smallest absolute Gasteiger partial charge is 0.0618 e. The van der Waals surface area contributed by atoms with Gasteiger partial charge >= 0.3 is 0 Å².